The lowest BCUT2D eigenvalue weighted by molar-refractivity contribution is -0.116. The highest BCUT2D eigenvalue weighted by Gasteiger charge is 2.47. The van der Waals surface area contributed by atoms with Gasteiger partial charge in [0.25, 0.3) is 0 Å². The molecule has 1 aliphatic heterocycles. The zero-order valence-corrected chi connectivity index (χ0v) is 10.7. The Balaban J connectivity index is 2.47. The molecule has 3 atom stereocenters. The van der Waals surface area contributed by atoms with Crippen molar-refractivity contribution in [2.75, 3.05) is 12.3 Å². The van der Waals surface area contributed by atoms with Gasteiger partial charge in [0.2, 0.25) is 0 Å². The van der Waals surface area contributed by atoms with Gasteiger partial charge in [-0.25, -0.2) is 4.79 Å². The van der Waals surface area contributed by atoms with Crippen molar-refractivity contribution in [2.24, 2.45) is 5.73 Å². The quantitative estimate of drug-likeness (QED) is 0.369. The van der Waals surface area contributed by atoms with Crippen LogP contribution in [0.4, 0.5) is 5.82 Å². The van der Waals surface area contributed by atoms with E-state index in [1.807, 2.05) is 0 Å². The van der Waals surface area contributed by atoms with Gasteiger partial charge in [0, 0.05) is 18.7 Å². The first kappa shape index (κ1) is 14.3. The smallest absolute Gasteiger partial charge is 0.351 e. The SMILES string of the molecule is NC#CC[C@]1(n2ccc(N)nc2=O)C[C@H](O)[C@@H](CO)O1. The van der Waals surface area contributed by atoms with Gasteiger partial charge >= 0.3 is 5.69 Å². The molecular formula is C12H16N4O4. The van der Waals surface area contributed by atoms with Crippen molar-refractivity contribution in [3.05, 3.63) is 22.7 Å². The van der Waals surface area contributed by atoms with Crippen LogP contribution in [-0.2, 0) is 10.5 Å². The monoisotopic (exact) mass is 280 g/mol. The van der Waals surface area contributed by atoms with E-state index in [2.05, 4.69) is 16.9 Å². The van der Waals surface area contributed by atoms with E-state index in [9.17, 15) is 15.0 Å². The summed E-state index contributed by atoms with van der Waals surface area (Å²) in [7, 11) is 0. The maximum absolute atomic E-state index is 12.0. The van der Waals surface area contributed by atoms with E-state index in [4.69, 9.17) is 16.2 Å². The number of rotatable bonds is 3. The Hall–Kier alpha value is -2.08. The summed E-state index contributed by atoms with van der Waals surface area (Å²) in [6.45, 7) is -0.365. The second kappa shape index (κ2) is 5.50. The van der Waals surface area contributed by atoms with Crippen molar-refractivity contribution in [3.8, 4) is 12.0 Å². The van der Waals surface area contributed by atoms with Gasteiger partial charge in [-0.2, -0.15) is 4.98 Å². The molecule has 2 heterocycles. The van der Waals surface area contributed by atoms with Crippen LogP contribution < -0.4 is 17.2 Å². The van der Waals surface area contributed by atoms with Crippen LogP contribution in [0.15, 0.2) is 17.1 Å². The van der Waals surface area contributed by atoms with Crippen molar-refractivity contribution >= 4 is 5.82 Å². The lowest BCUT2D eigenvalue weighted by Gasteiger charge is -2.29. The minimum atomic E-state index is -1.21. The Morgan fingerprint density at radius 2 is 2.40 bits per heavy atom. The minimum Gasteiger partial charge on any atom is -0.394 e. The highest BCUT2D eigenvalue weighted by Crippen LogP contribution is 2.36. The summed E-state index contributed by atoms with van der Waals surface area (Å²) < 4.78 is 6.86. The van der Waals surface area contributed by atoms with Gasteiger partial charge < -0.3 is 26.4 Å². The molecule has 1 aromatic rings. The molecule has 0 unspecified atom stereocenters. The Morgan fingerprint density at radius 3 is 2.95 bits per heavy atom. The Bertz CT molecular complexity index is 605. The molecule has 108 valence electrons. The fourth-order valence-electron chi connectivity index (χ4n) is 2.30. The van der Waals surface area contributed by atoms with Gasteiger partial charge in [-0.1, -0.05) is 5.92 Å². The fourth-order valence-corrected chi connectivity index (χ4v) is 2.30. The van der Waals surface area contributed by atoms with E-state index >= 15 is 0 Å². The summed E-state index contributed by atoms with van der Waals surface area (Å²) in [6.07, 6.45) is -0.0980. The van der Waals surface area contributed by atoms with Crippen LogP contribution in [0, 0.1) is 12.0 Å². The summed E-state index contributed by atoms with van der Waals surface area (Å²) in [4.78, 5) is 15.6. The maximum Gasteiger partial charge on any atom is 0.351 e. The topological polar surface area (TPSA) is 137 Å². The lowest BCUT2D eigenvalue weighted by Crippen LogP contribution is -2.42. The number of aliphatic hydroxyl groups excluding tert-OH is 2. The van der Waals surface area contributed by atoms with Gasteiger partial charge in [-0.05, 0) is 6.07 Å². The first-order valence-corrected chi connectivity index (χ1v) is 6.03. The molecule has 0 aromatic carbocycles. The number of aromatic nitrogens is 2. The largest absolute Gasteiger partial charge is 0.394 e. The molecular weight excluding hydrogens is 264 g/mol. The van der Waals surface area contributed by atoms with Crippen molar-refractivity contribution in [1.29, 1.82) is 0 Å². The van der Waals surface area contributed by atoms with Gasteiger partial charge in [0.15, 0.2) is 5.72 Å². The van der Waals surface area contributed by atoms with Crippen LogP contribution in [0.1, 0.15) is 12.8 Å². The number of nitrogen functional groups attached to an aromatic ring is 1. The molecule has 0 aliphatic carbocycles. The number of nitrogens with two attached hydrogens (primary N) is 2. The van der Waals surface area contributed by atoms with Crippen LogP contribution in [0.2, 0.25) is 0 Å². The zero-order chi connectivity index (χ0) is 14.8. The highest BCUT2D eigenvalue weighted by atomic mass is 16.6. The predicted molar refractivity (Wildman–Crippen MR) is 70.0 cm³/mol. The number of hydrogen-bond donors (Lipinski definition) is 4. The average Bonchev–Trinajstić information content (AvgIpc) is 2.73. The molecule has 0 amide bonds. The molecule has 8 nitrogen and oxygen atoms in total. The highest BCUT2D eigenvalue weighted by molar-refractivity contribution is 5.24. The van der Waals surface area contributed by atoms with E-state index in [0.717, 1.165) is 0 Å². The molecule has 0 spiro atoms. The lowest BCUT2D eigenvalue weighted by atomic mass is 10.0. The number of hydrogen-bond acceptors (Lipinski definition) is 7. The molecule has 0 saturated carbocycles. The normalized spacial score (nSPS) is 28.9. The van der Waals surface area contributed by atoms with Crippen molar-refractivity contribution in [1.82, 2.24) is 9.55 Å². The van der Waals surface area contributed by atoms with Crippen LogP contribution in [0.3, 0.4) is 0 Å². The molecule has 1 fully saturated rings. The number of anilines is 1. The van der Waals surface area contributed by atoms with Gasteiger partial charge in [0.1, 0.15) is 11.9 Å². The Kier molecular flexibility index (Phi) is 3.94. The second-order valence-corrected chi connectivity index (χ2v) is 4.56. The molecule has 2 rings (SSSR count). The number of ether oxygens (including phenoxy) is 1. The summed E-state index contributed by atoms with van der Waals surface area (Å²) in [5, 5.41) is 19.1. The molecule has 20 heavy (non-hydrogen) atoms. The van der Waals surface area contributed by atoms with Gasteiger partial charge in [-0.15, -0.1) is 0 Å². The molecule has 1 aromatic heterocycles. The number of aliphatic hydroxyl groups is 2. The maximum atomic E-state index is 12.0. The summed E-state index contributed by atoms with van der Waals surface area (Å²) in [5.41, 5.74) is 8.78. The predicted octanol–water partition coefficient (Wildman–Crippen LogP) is -2.07. The molecule has 1 saturated heterocycles. The van der Waals surface area contributed by atoms with E-state index < -0.39 is 23.6 Å². The molecule has 6 N–H and O–H groups in total. The Labute approximate surface area is 115 Å². The van der Waals surface area contributed by atoms with Crippen LogP contribution in [-0.4, -0.2) is 38.6 Å². The van der Waals surface area contributed by atoms with Crippen LogP contribution in [0.25, 0.3) is 0 Å². The Morgan fingerprint density at radius 1 is 1.65 bits per heavy atom. The summed E-state index contributed by atoms with van der Waals surface area (Å²) in [5.74, 6) is 2.71. The van der Waals surface area contributed by atoms with Crippen LogP contribution in [0.5, 0.6) is 0 Å². The third-order valence-corrected chi connectivity index (χ3v) is 3.24. The summed E-state index contributed by atoms with van der Waals surface area (Å²) >= 11 is 0. The van der Waals surface area contributed by atoms with E-state index in [1.54, 1.807) is 0 Å². The molecule has 0 radical (unpaired) electrons. The van der Waals surface area contributed by atoms with Crippen molar-refractivity contribution in [3.63, 3.8) is 0 Å². The standard InChI is InChI=1S/C12H16N4O4/c13-4-1-3-12(6-8(18)9(7-17)20-12)16-5-2-10(14)15-11(16)19/h2,5,8-9,17-18H,3,6-7,13H2,(H2,14,15,19)/t8-,9+,12+/m0/s1. The van der Waals surface area contributed by atoms with Gasteiger partial charge in [-0.3, -0.25) is 4.57 Å². The fraction of sp³-hybridized carbons (Fsp3) is 0.500. The first-order valence-electron chi connectivity index (χ1n) is 6.03. The van der Waals surface area contributed by atoms with Crippen molar-refractivity contribution < 1.29 is 14.9 Å². The van der Waals surface area contributed by atoms with Crippen molar-refractivity contribution in [2.45, 2.75) is 30.8 Å². The van der Waals surface area contributed by atoms with E-state index in [0.29, 0.717) is 0 Å². The van der Waals surface area contributed by atoms with E-state index in [-0.39, 0.29) is 25.3 Å². The van der Waals surface area contributed by atoms with E-state index in [1.165, 1.54) is 16.8 Å². The molecule has 0 bridgehead atoms. The number of nitrogens with zero attached hydrogens (tertiary/aromatic N) is 2. The van der Waals surface area contributed by atoms with Crippen LogP contribution >= 0.6 is 0 Å². The zero-order valence-electron chi connectivity index (χ0n) is 10.7. The third-order valence-electron chi connectivity index (χ3n) is 3.24. The average molecular weight is 280 g/mol. The minimum absolute atomic E-state index is 0.0859. The first-order chi connectivity index (χ1) is 9.52. The molecule has 1 aliphatic rings. The third kappa shape index (κ3) is 2.46. The second-order valence-electron chi connectivity index (χ2n) is 4.56. The molecule has 8 heteroatoms. The summed E-state index contributed by atoms with van der Waals surface area (Å²) in [6, 6.07) is 3.68. The van der Waals surface area contributed by atoms with Gasteiger partial charge in [0.05, 0.1) is 19.1 Å².